The number of nitrogens with two attached hydrogens (primary N) is 1. The Balaban J connectivity index is 1.48. The van der Waals surface area contributed by atoms with E-state index < -0.39 is 58.9 Å². The summed E-state index contributed by atoms with van der Waals surface area (Å²) < 4.78 is 18.6. The molecule has 1 aromatic rings. The second kappa shape index (κ2) is 11.3. The van der Waals surface area contributed by atoms with Gasteiger partial charge in [0, 0.05) is 19.0 Å². The van der Waals surface area contributed by atoms with Crippen molar-refractivity contribution in [2.75, 3.05) is 19.7 Å². The first-order valence-electron chi connectivity index (χ1n) is 14.0. The van der Waals surface area contributed by atoms with Gasteiger partial charge in [0.25, 0.3) is 5.91 Å². The zero-order valence-corrected chi connectivity index (χ0v) is 24.2. The van der Waals surface area contributed by atoms with Gasteiger partial charge in [-0.25, -0.2) is 4.39 Å². The fourth-order valence-electron chi connectivity index (χ4n) is 6.17. The third-order valence-electron chi connectivity index (χ3n) is 8.71. The Morgan fingerprint density at radius 1 is 1.17 bits per heavy atom. The molecule has 0 unspecified atom stereocenters. The number of benzene rings is 1. The monoisotopic (exact) mass is 573 g/mol. The lowest BCUT2D eigenvalue weighted by molar-refractivity contribution is -0.146. The number of amides is 5. The van der Waals surface area contributed by atoms with E-state index >= 15 is 0 Å². The van der Waals surface area contributed by atoms with Crippen LogP contribution in [0.4, 0.5) is 4.39 Å². The Morgan fingerprint density at radius 2 is 1.83 bits per heavy atom. The molecule has 224 valence electrons. The summed E-state index contributed by atoms with van der Waals surface area (Å²) >= 11 is 0. The van der Waals surface area contributed by atoms with Gasteiger partial charge in [0.2, 0.25) is 23.6 Å². The van der Waals surface area contributed by atoms with Crippen LogP contribution in [0.1, 0.15) is 47.5 Å². The summed E-state index contributed by atoms with van der Waals surface area (Å²) in [6.45, 7) is 9.94. The second-order valence-electron chi connectivity index (χ2n) is 13.0. The SMILES string of the molecule is CC(C)(C)[C@H](NC(=O)COc1ccc(F)cc1)C(=O)N1C[C@H]2[C@@H]([C@H]1C(=O)N[C@@H](C[C@@H]1CCNC1=O)C(N)=O)C2(C)C. The van der Waals surface area contributed by atoms with Crippen molar-refractivity contribution in [3.8, 4) is 5.75 Å². The van der Waals surface area contributed by atoms with Gasteiger partial charge in [-0.2, -0.15) is 0 Å². The Hall–Kier alpha value is -3.70. The normalized spacial score (nSPS) is 25.9. The van der Waals surface area contributed by atoms with E-state index in [4.69, 9.17) is 10.5 Å². The van der Waals surface area contributed by atoms with Crippen LogP contribution in [0.2, 0.25) is 0 Å². The van der Waals surface area contributed by atoms with Crippen LogP contribution in [0.5, 0.6) is 5.75 Å². The van der Waals surface area contributed by atoms with Crippen molar-refractivity contribution in [1.82, 2.24) is 20.9 Å². The van der Waals surface area contributed by atoms with Gasteiger partial charge in [-0.05, 0) is 59.8 Å². The first-order valence-corrected chi connectivity index (χ1v) is 14.0. The minimum Gasteiger partial charge on any atom is -0.484 e. The first kappa shape index (κ1) is 30.3. The molecule has 12 heteroatoms. The van der Waals surface area contributed by atoms with Gasteiger partial charge in [0.15, 0.2) is 6.61 Å². The standard InChI is InChI=1S/C29H40FN5O6/c1-28(2,3)23(34-20(36)14-41-17-8-6-16(30)7-9-17)27(40)35-13-18-21(29(18,4)5)22(35)26(39)33-19(24(31)37)12-15-10-11-32-25(15)38/h6-9,15,18-19,21-23H,10-14H2,1-5H3,(H2,31,37)(H,32,38)(H,33,39)(H,34,36)/t15-,18-,19-,21-,22-,23+/m0/s1. The van der Waals surface area contributed by atoms with Crippen LogP contribution < -0.4 is 26.4 Å². The highest BCUT2D eigenvalue weighted by Gasteiger charge is 2.69. The number of piperidine rings is 1. The highest BCUT2D eigenvalue weighted by Crippen LogP contribution is 2.65. The van der Waals surface area contributed by atoms with Crippen LogP contribution in [-0.2, 0) is 24.0 Å². The number of primary amides is 1. The quantitative estimate of drug-likeness (QED) is 0.323. The largest absolute Gasteiger partial charge is 0.484 e. The molecule has 0 bridgehead atoms. The molecule has 1 saturated carbocycles. The van der Waals surface area contributed by atoms with Crippen molar-refractivity contribution in [2.45, 2.75) is 65.6 Å². The van der Waals surface area contributed by atoms with E-state index in [0.29, 0.717) is 25.3 Å². The Labute approximate surface area is 239 Å². The summed E-state index contributed by atoms with van der Waals surface area (Å²) in [5, 5.41) is 8.20. The zero-order chi connectivity index (χ0) is 30.3. The summed E-state index contributed by atoms with van der Waals surface area (Å²) in [7, 11) is 0. The van der Waals surface area contributed by atoms with Crippen molar-refractivity contribution in [1.29, 1.82) is 0 Å². The lowest BCUT2D eigenvalue weighted by Gasteiger charge is -2.38. The van der Waals surface area contributed by atoms with E-state index in [0.717, 1.165) is 0 Å². The number of halogens is 1. The lowest BCUT2D eigenvalue weighted by atomic mass is 9.85. The maximum atomic E-state index is 14.0. The molecule has 2 heterocycles. The fourth-order valence-corrected chi connectivity index (χ4v) is 6.17. The molecule has 1 aromatic carbocycles. The average Bonchev–Trinajstić information content (AvgIpc) is 3.24. The number of carbonyl (C=O) groups is 5. The Bertz CT molecular complexity index is 1210. The van der Waals surface area contributed by atoms with Crippen LogP contribution in [0.3, 0.4) is 0 Å². The number of hydrogen-bond acceptors (Lipinski definition) is 6. The van der Waals surface area contributed by atoms with Crippen molar-refractivity contribution < 1.29 is 33.1 Å². The average molecular weight is 574 g/mol. The van der Waals surface area contributed by atoms with E-state index in [2.05, 4.69) is 16.0 Å². The van der Waals surface area contributed by atoms with Gasteiger partial charge in [0.1, 0.15) is 29.7 Å². The van der Waals surface area contributed by atoms with Crippen molar-refractivity contribution in [3.63, 3.8) is 0 Å². The lowest BCUT2D eigenvalue weighted by Crippen LogP contribution is -2.61. The van der Waals surface area contributed by atoms with Gasteiger partial charge in [-0.1, -0.05) is 34.6 Å². The molecule has 2 saturated heterocycles. The third kappa shape index (κ3) is 6.46. The number of hydrogen-bond donors (Lipinski definition) is 4. The van der Waals surface area contributed by atoms with Crippen LogP contribution >= 0.6 is 0 Å². The maximum absolute atomic E-state index is 14.0. The molecule has 0 spiro atoms. The summed E-state index contributed by atoms with van der Waals surface area (Å²) in [5.74, 6) is -3.01. The van der Waals surface area contributed by atoms with Crippen molar-refractivity contribution in [2.24, 2.45) is 34.3 Å². The predicted octanol–water partition coefficient (Wildman–Crippen LogP) is 0.715. The number of fused-ring (bicyclic) bond motifs is 1. The van der Waals surface area contributed by atoms with E-state index in [1.807, 2.05) is 34.6 Å². The van der Waals surface area contributed by atoms with E-state index in [9.17, 15) is 28.4 Å². The molecule has 5 N–H and O–H groups in total. The molecule has 4 rings (SSSR count). The van der Waals surface area contributed by atoms with Gasteiger partial charge in [-0.3, -0.25) is 24.0 Å². The molecule has 0 aromatic heterocycles. The van der Waals surface area contributed by atoms with Crippen LogP contribution in [0.15, 0.2) is 24.3 Å². The highest BCUT2D eigenvalue weighted by atomic mass is 19.1. The van der Waals surface area contributed by atoms with Crippen LogP contribution in [0, 0.1) is 34.4 Å². The van der Waals surface area contributed by atoms with E-state index in [1.165, 1.54) is 29.2 Å². The summed E-state index contributed by atoms with van der Waals surface area (Å²) in [6.07, 6.45) is 0.627. The smallest absolute Gasteiger partial charge is 0.258 e. The van der Waals surface area contributed by atoms with Crippen LogP contribution in [-0.4, -0.2) is 72.3 Å². The number of ether oxygens (including phenoxy) is 1. The van der Waals surface area contributed by atoms with E-state index in [-0.39, 0.29) is 36.2 Å². The summed E-state index contributed by atoms with van der Waals surface area (Å²) in [5.41, 5.74) is 4.70. The van der Waals surface area contributed by atoms with E-state index in [1.54, 1.807) is 0 Å². The molecule has 2 aliphatic heterocycles. The van der Waals surface area contributed by atoms with Crippen molar-refractivity contribution >= 4 is 29.5 Å². The number of nitrogens with one attached hydrogen (secondary N) is 3. The Kier molecular flexibility index (Phi) is 8.33. The molecule has 1 aliphatic carbocycles. The number of likely N-dealkylation sites (tertiary alicyclic amines) is 1. The molecule has 11 nitrogen and oxygen atoms in total. The topological polar surface area (TPSA) is 160 Å². The fraction of sp³-hybridized carbons (Fsp3) is 0.621. The Morgan fingerprint density at radius 3 is 2.39 bits per heavy atom. The maximum Gasteiger partial charge on any atom is 0.258 e. The highest BCUT2D eigenvalue weighted by molar-refractivity contribution is 5.96. The third-order valence-corrected chi connectivity index (χ3v) is 8.71. The number of rotatable bonds is 10. The van der Waals surface area contributed by atoms with Gasteiger partial charge in [0.05, 0.1) is 0 Å². The number of carbonyl (C=O) groups excluding carboxylic acids is 5. The summed E-state index contributed by atoms with van der Waals surface area (Å²) in [4.78, 5) is 66.3. The first-order chi connectivity index (χ1) is 19.1. The molecular formula is C29H40FN5O6. The molecule has 3 fully saturated rings. The predicted molar refractivity (Wildman–Crippen MR) is 146 cm³/mol. The van der Waals surface area contributed by atoms with Gasteiger partial charge < -0.3 is 31.3 Å². The molecule has 3 aliphatic rings. The zero-order valence-electron chi connectivity index (χ0n) is 24.2. The number of nitrogens with zero attached hydrogens (tertiary/aromatic N) is 1. The molecule has 6 atom stereocenters. The molecule has 41 heavy (non-hydrogen) atoms. The van der Waals surface area contributed by atoms with Crippen molar-refractivity contribution in [3.05, 3.63) is 30.1 Å². The molecular weight excluding hydrogens is 533 g/mol. The van der Waals surface area contributed by atoms with Crippen LogP contribution in [0.25, 0.3) is 0 Å². The minimum atomic E-state index is -1.06. The molecule has 0 radical (unpaired) electrons. The minimum absolute atomic E-state index is 0.0768. The molecule has 5 amide bonds. The second-order valence-corrected chi connectivity index (χ2v) is 13.0. The van der Waals surface area contributed by atoms with Gasteiger partial charge >= 0.3 is 0 Å². The van der Waals surface area contributed by atoms with Gasteiger partial charge in [-0.15, -0.1) is 0 Å². The summed E-state index contributed by atoms with van der Waals surface area (Å²) in [6, 6.07) is 2.33.